The predicted octanol–water partition coefficient (Wildman–Crippen LogP) is 3.11. The topological polar surface area (TPSA) is 78.5 Å². The van der Waals surface area contributed by atoms with Crippen LogP contribution in [0.1, 0.15) is 47.2 Å². The van der Waals surface area contributed by atoms with Crippen LogP contribution in [0.5, 0.6) is 0 Å². The van der Waals surface area contributed by atoms with Gasteiger partial charge in [0.1, 0.15) is 5.82 Å². The molecule has 30 heavy (non-hydrogen) atoms. The molecule has 2 N–H and O–H groups in total. The van der Waals surface area contributed by atoms with E-state index in [4.69, 9.17) is 0 Å². The first kappa shape index (κ1) is 20.8. The SMILES string of the molecule is Cc1ccc(S(=O)(=O)NC2CC2)cc1C(=O)NCc1c(F)cccc1N1CCCC1. The average Bonchev–Trinajstić information content (AvgIpc) is 3.34. The first-order valence-electron chi connectivity index (χ1n) is 10.3. The zero-order valence-corrected chi connectivity index (χ0v) is 17.8. The average molecular weight is 432 g/mol. The highest BCUT2D eigenvalue weighted by Crippen LogP contribution is 2.27. The molecule has 160 valence electrons. The summed E-state index contributed by atoms with van der Waals surface area (Å²) in [6.07, 6.45) is 3.80. The van der Waals surface area contributed by atoms with E-state index in [9.17, 15) is 17.6 Å². The first-order chi connectivity index (χ1) is 14.3. The molecule has 2 aromatic rings. The largest absolute Gasteiger partial charge is 0.371 e. The summed E-state index contributed by atoms with van der Waals surface area (Å²) < 4.78 is 42.1. The Morgan fingerprint density at radius 2 is 1.90 bits per heavy atom. The Morgan fingerprint density at radius 1 is 1.17 bits per heavy atom. The van der Waals surface area contributed by atoms with Crippen molar-refractivity contribution in [3.63, 3.8) is 0 Å². The molecule has 0 radical (unpaired) electrons. The lowest BCUT2D eigenvalue weighted by molar-refractivity contribution is 0.0950. The highest BCUT2D eigenvalue weighted by Gasteiger charge is 2.28. The molecule has 1 aliphatic carbocycles. The Hall–Kier alpha value is -2.45. The van der Waals surface area contributed by atoms with Gasteiger partial charge in [0.05, 0.1) is 4.90 Å². The Labute approximate surface area is 176 Å². The second-order valence-electron chi connectivity index (χ2n) is 7.99. The van der Waals surface area contributed by atoms with Crippen molar-refractivity contribution >= 4 is 21.6 Å². The van der Waals surface area contributed by atoms with E-state index in [0.717, 1.165) is 44.5 Å². The van der Waals surface area contributed by atoms with Crippen LogP contribution < -0.4 is 14.9 Å². The van der Waals surface area contributed by atoms with Crippen LogP contribution in [0.4, 0.5) is 10.1 Å². The standard InChI is InChI=1S/C22H26FN3O3S/c1-15-7-10-17(30(28,29)25-16-8-9-16)13-18(15)22(27)24-14-19-20(23)5-4-6-21(19)26-11-2-3-12-26/h4-7,10,13,16,25H,2-3,8-9,11-12,14H2,1H3,(H,24,27). The number of nitrogens with zero attached hydrogens (tertiary/aromatic N) is 1. The maximum absolute atomic E-state index is 14.5. The van der Waals surface area contributed by atoms with Crippen LogP contribution in [0.15, 0.2) is 41.3 Å². The maximum Gasteiger partial charge on any atom is 0.251 e. The molecule has 0 atom stereocenters. The van der Waals surface area contributed by atoms with Crippen LogP contribution in [-0.4, -0.2) is 33.5 Å². The maximum atomic E-state index is 14.5. The van der Waals surface area contributed by atoms with Gasteiger partial charge >= 0.3 is 0 Å². The fraction of sp³-hybridized carbons (Fsp3) is 0.409. The number of amides is 1. The van der Waals surface area contributed by atoms with Crippen LogP contribution >= 0.6 is 0 Å². The minimum absolute atomic E-state index is 0.0151. The lowest BCUT2D eigenvalue weighted by atomic mass is 10.1. The molecule has 1 saturated carbocycles. The monoisotopic (exact) mass is 431 g/mol. The number of nitrogens with one attached hydrogen (secondary N) is 2. The Bertz CT molecular complexity index is 1060. The molecule has 1 amide bonds. The Kier molecular flexibility index (Phi) is 5.79. The summed E-state index contributed by atoms with van der Waals surface area (Å²) in [6, 6.07) is 9.44. The third kappa shape index (κ3) is 4.49. The summed E-state index contributed by atoms with van der Waals surface area (Å²) in [5, 5.41) is 2.77. The molecular formula is C22H26FN3O3S. The van der Waals surface area contributed by atoms with Gasteiger partial charge in [0.15, 0.2) is 0 Å². The molecule has 2 fully saturated rings. The van der Waals surface area contributed by atoms with Crippen molar-refractivity contribution in [2.45, 2.75) is 50.1 Å². The van der Waals surface area contributed by atoms with Gasteiger partial charge in [0, 0.05) is 42.5 Å². The lowest BCUT2D eigenvalue weighted by Crippen LogP contribution is -2.28. The van der Waals surface area contributed by atoms with Gasteiger partial charge in [-0.25, -0.2) is 17.5 Å². The fourth-order valence-electron chi connectivity index (χ4n) is 3.74. The number of aryl methyl sites for hydroxylation is 1. The molecule has 4 rings (SSSR count). The van der Waals surface area contributed by atoms with Gasteiger partial charge in [-0.15, -0.1) is 0 Å². The van der Waals surface area contributed by atoms with Crippen molar-refractivity contribution in [2.75, 3.05) is 18.0 Å². The van der Waals surface area contributed by atoms with Crippen LogP contribution in [0, 0.1) is 12.7 Å². The zero-order chi connectivity index (χ0) is 21.3. The number of sulfonamides is 1. The summed E-state index contributed by atoms with van der Waals surface area (Å²) in [5.74, 6) is -0.784. The molecule has 2 aromatic carbocycles. The number of hydrogen-bond acceptors (Lipinski definition) is 4. The van der Waals surface area contributed by atoms with Crippen LogP contribution in [0.25, 0.3) is 0 Å². The summed E-state index contributed by atoms with van der Waals surface area (Å²) in [5.41, 5.74) is 2.18. The van der Waals surface area contributed by atoms with E-state index < -0.39 is 15.9 Å². The number of anilines is 1. The number of hydrogen-bond donors (Lipinski definition) is 2. The number of carbonyl (C=O) groups is 1. The van der Waals surface area contributed by atoms with E-state index in [1.165, 1.54) is 18.2 Å². The van der Waals surface area contributed by atoms with E-state index in [-0.39, 0.29) is 28.9 Å². The predicted molar refractivity (Wildman–Crippen MR) is 114 cm³/mol. The van der Waals surface area contributed by atoms with E-state index in [1.807, 2.05) is 6.07 Å². The molecule has 1 aliphatic heterocycles. The quantitative estimate of drug-likeness (QED) is 0.706. The van der Waals surface area contributed by atoms with E-state index >= 15 is 0 Å². The Balaban J connectivity index is 1.53. The van der Waals surface area contributed by atoms with Crippen molar-refractivity contribution in [1.29, 1.82) is 0 Å². The van der Waals surface area contributed by atoms with Gasteiger partial charge in [-0.1, -0.05) is 12.1 Å². The van der Waals surface area contributed by atoms with Gasteiger partial charge in [0.25, 0.3) is 5.91 Å². The number of carbonyl (C=O) groups excluding carboxylic acids is 1. The van der Waals surface area contributed by atoms with Crippen molar-refractivity contribution < 1.29 is 17.6 Å². The Morgan fingerprint density at radius 3 is 2.60 bits per heavy atom. The van der Waals surface area contributed by atoms with Gasteiger partial charge in [0.2, 0.25) is 10.0 Å². The lowest BCUT2D eigenvalue weighted by Gasteiger charge is -2.22. The zero-order valence-electron chi connectivity index (χ0n) is 16.9. The van der Waals surface area contributed by atoms with Gasteiger partial charge in [-0.3, -0.25) is 4.79 Å². The molecule has 0 unspecified atom stereocenters. The molecule has 0 bridgehead atoms. The van der Waals surface area contributed by atoms with Crippen LogP contribution in [0.3, 0.4) is 0 Å². The molecule has 0 aromatic heterocycles. The molecular weight excluding hydrogens is 405 g/mol. The summed E-state index contributed by atoms with van der Waals surface area (Å²) in [7, 11) is -3.66. The second kappa shape index (κ2) is 8.35. The highest BCUT2D eigenvalue weighted by atomic mass is 32.2. The van der Waals surface area contributed by atoms with Crippen molar-refractivity contribution in [3.05, 3.63) is 58.9 Å². The number of rotatable bonds is 7. The molecule has 6 nitrogen and oxygen atoms in total. The molecule has 1 heterocycles. The number of halogens is 1. The van der Waals surface area contributed by atoms with E-state index in [0.29, 0.717) is 11.1 Å². The summed E-state index contributed by atoms with van der Waals surface area (Å²) >= 11 is 0. The smallest absolute Gasteiger partial charge is 0.251 e. The van der Waals surface area contributed by atoms with Crippen molar-refractivity contribution in [1.82, 2.24) is 10.0 Å². The van der Waals surface area contributed by atoms with Crippen molar-refractivity contribution in [2.24, 2.45) is 0 Å². The highest BCUT2D eigenvalue weighted by molar-refractivity contribution is 7.89. The van der Waals surface area contributed by atoms with Crippen LogP contribution in [-0.2, 0) is 16.6 Å². The second-order valence-corrected chi connectivity index (χ2v) is 9.70. The molecule has 8 heteroatoms. The molecule has 2 aliphatic rings. The third-order valence-electron chi connectivity index (χ3n) is 5.63. The van der Waals surface area contributed by atoms with Gasteiger partial charge in [-0.05, 0) is 62.4 Å². The molecule has 0 spiro atoms. The van der Waals surface area contributed by atoms with E-state index in [1.54, 1.807) is 19.1 Å². The van der Waals surface area contributed by atoms with Gasteiger partial charge < -0.3 is 10.2 Å². The van der Waals surface area contributed by atoms with Crippen LogP contribution in [0.2, 0.25) is 0 Å². The fourth-order valence-corrected chi connectivity index (χ4v) is 5.07. The number of benzene rings is 2. The normalized spacial score (nSPS) is 16.7. The van der Waals surface area contributed by atoms with E-state index in [2.05, 4.69) is 14.9 Å². The molecule has 1 saturated heterocycles. The summed E-state index contributed by atoms with van der Waals surface area (Å²) in [6.45, 7) is 3.53. The third-order valence-corrected chi connectivity index (χ3v) is 7.15. The minimum Gasteiger partial charge on any atom is -0.371 e. The van der Waals surface area contributed by atoms with Gasteiger partial charge in [-0.2, -0.15) is 0 Å². The minimum atomic E-state index is -3.66. The van der Waals surface area contributed by atoms with Crippen molar-refractivity contribution in [3.8, 4) is 0 Å². The first-order valence-corrected chi connectivity index (χ1v) is 11.8. The summed E-state index contributed by atoms with van der Waals surface area (Å²) in [4.78, 5) is 15.0.